The Balaban J connectivity index is 2.74. The molecule has 0 aliphatic rings. The number of ether oxygens (including phenoxy) is 1. The Morgan fingerprint density at radius 3 is 2.26 bits per heavy atom. The fraction of sp³-hybridized carbons (Fsp3) is 0.529. The number of nitrogens with one attached hydrogen (secondary N) is 2. The number of hydrogen-bond donors (Lipinski definition) is 2. The molecule has 0 radical (unpaired) electrons. The van der Waals surface area contributed by atoms with Gasteiger partial charge < -0.3 is 20.3 Å². The molecule has 0 bridgehead atoms. The topological polar surface area (TPSA) is 70.7 Å². The molecule has 2 N–H and O–H groups in total. The number of hydrogen-bond acceptors (Lipinski definition) is 3. The molecule has 3 amide bonds. The predicted molar refractivity (Wildman–Crippen MR) is 91.8 cm³/mol. The zero-order valence-corrected chi connectivity index (χ0v) is 14.6. The average Bonchev–Trinajstić information content (AvgIpc) is 2.48. The van der Waals surface area contributed by atoms with Gasteiger partial charge in [-0.15, -0.1) is 0 Å². The van der Waals surface area contributed by atoms with Gasteiger partial charge in [0.25, 0.3) is 5.91 Å². The van der Waals surface area contributed by atoms with Gasteiger partial charge in [-0.05, 0) is 52.0 Å². The van der Waals surface area contributed by atoms with Crippen molar-refractivity contribution in [2.75, 3.05) is 25.6 Å². The fourth-order valence-electron chi connectivity index (χ4n) is 2.28. The van der Waals surface area contributed by atoms with Crippen LogP contribution in [0.2, 0.25) is 0 Å². The Morgan fingerprint density at radius 1 is 1.17 bits per heavy atom. The van der Waals surface area contributed by atoms with Crippen molar-refractivity contribution < 1.29 is 14.3 Å². The molecule has 23 heavy (non-hydrogen) atoms. The number of carbonyl (C=O) groups excluding carboxylic acids is 2. The van der Waals surface area contributed by atoms with Gasteiger partial charge in [-0.25, -0.2) is 4.79 Å². The van der Waals surface area contributed by atoms with Crippen molar-refractivity contribution in [3.05, 3.63) is 29.8 Å². The van der Waals surface area contributed by atoms with Crippen LogP contribution in [0.4, 0.5) is 10.5 Å². The van der Waals surface area contributed by atoms with E-state index in [0.29, 0.717) is 24.4 Å². The molecule has 0 unspecified atom stereocenters. The molecule has 0 aromatic heterocycles. The van der Waals surface area contributed by atoms with E-state index in [0.717, 1.165) is 0 Å². The van der Waals surface area contributed by atoms with Crippen LogP contribution in [0.5, 0.6) is 0 Å². The van der Waals surface area contributed by atoms with E-state index in [1.54, 1.807) is 36.3 Å². The second kappa shape index (κ2) is 9.15. The number of carbonyl (C=O) groups is 2. The van der Waals surface area contributed by atoms with Gasteiger partial charge in [0, 0.05) is 30.9 Å². The number of urea groups is 1. The number of anilines is 1. The molecule has 0 saturated carbocycles. The maximum Gasteiger partial charge on any atom is 0.319 e. The molecule has 6 nitrogen and oxygen atoms in total. The van der Waals surface area contributed by atoms with Crippen LogP contribution in [0.15, 0.2) is 24.3 Å². The van der Waals surface area contributed by atoms with Gasteiger partial charge in [0.05, 0.1) is 12.6 Å². The van der Waals surface area contributed by atoms with E-state index in [2.05, 4.69) is 10.6 Å². The van der Waals surface area contributed by atoms with Crippen LogP contribution < -0.4 is 10.6 Å². The summed E-state index contributed by atoms with van der Waals surface area (Å²) in [6, 6.07) is 6.70. The van der Waals surface area contributed by atoms with E-state index < -0.39 is 0 Å². The van der Waals surface area contributed by atoms with Crippen LogP contribution in [0.1, 0.15) is 38.1 Å². The zero-order valence-electron chi connectivity index (χ0n) is 14.6. The van der Waals surface area contributed by atoms with Crippen molar-refractivity contribution >= 4 is 17.6 Å². The minimum absolute atomic E-state index is 0.00659. The van der Waals surface area contributed by atoms with Gasteiger partial charge in [-0.3, -0.25) is 4.79 Å². The van der Waals surface area contributed by atoms with Crippen molar-refractivity contribution in [3.63, 3.8) is 0 Å². The van der Waals surface area contributed by atoms with Gasteiger partial charge in [0.1, 0.15) is 0 Å². The summed E-state index contributed by atoms with van der Waals surface area (Å²) in [4.78, 5) is 25.9. The standard InChI is InChI=1S/C17H27N3O3/c1-6-20(13(4)11-23-5)16(21)14-7-9-15(10-8-14)19-17(22)18-12(2)3/h7-10,12-13H,6,11H2,1-5H3,(H2,18,19,22)/t13-/m1/s1. The van der Waals surface area contributed by atoms with Crippen molar-refractivity contribution in [3.8, 4) is 0 Å². The van der Waals surface area contributed by atoms with Crippen LogP contribution in [0.25, 0.3) is 0 Å². The molecule has 1 atom stereocenters. The monoisotopic (exact) mass is 321 g/mol. The van der Waals surface area contributed by atoms with Gasteiger partial charge in [-0.2, -0.15) is 0 Å². The van der Waals surface area contributed by atoms with E-state index in [1.807, 2.05) is 27.7 Å². The first kappa shape index (κ1) is 19.0. The van der Waals surface area contributed by atoms with E-state index in [9.17, 15) is 9.59 Å². The lowest BCUT2D eigenvalue weighted by molar-refractivity contribution is 0.0579. The summed E-state index contributed by atoms with van der Waals surface area (Å²) < 4.78 is 5.12. The minimum Gasteiger partial charge on any atom is -0.383 e. The number of methoxy groups -OCH3 is 1. The Hall–Kier alpha value is -2.08. The molecule has 0 aliphatic heterocycles. The first-order valence-corrected chi connectivity index (χ1v) is 7.86. The highest BCUT2D eigenvalue weighted by Crippen LogP contribution is 2.13. The van der Waals surface area contributed by atoms with Crippen molar-refractivity contribution in [1.29, 1.82) is 0 Å². The predicted octanol–water partition coefficient (Wildman–Crippen LogP) is 2.71. The second-order valence-electron chi connectivity index (χ2n) is 5.73. The number of benzene rings is 1. The van der Waals surface area contributed by atoms with E-state index in [1.165, 1.54) is 0 Å². The summed E-state index contributed by atoms with van der Waals surface area (Å²) >= 11 is 0. The zero-order chi connectivity index (χ0) is 17.4. The molecule has 6 heteroatoms. The van der Waals surface area contributed by atoms with E-state index in [4.69, 9.17) is 4.74 Å². The molecule has 0 spiro atoms. The Kier molecular flexibility index (Phi) is 7.54. The Morgan fingerprint density at radius 2 is 1.78 bits per heavy atom. The SMILES string of the molecule is CCN(C(=O)c1ccc(NC(=O)NC(C)C)cc1)[C@H](C)COC. The second-order valence-corrected chi connectivity index (χ2v) is 5.73. The van der Waals surface area contributed by atoms with Gasteiger partial charge >= 0.3 is 6.03 Å². The van der Waals surface area contributed by atoms with Crippen LogP contribution in [-0.4, -0.2) is 49.2 Å². The third-order valence-corrected chi connectivity index (χ3v) is 3.35. The van der Waals surface area contributed by atoms with Gasteiger partial charge in [0.15, 0.2) is 0 Å². The lowest BCUT2D eigenvalue weighted by atomic mass is 10.1. The molecular formula is C17H27N3O3. The van der Waals surface area contributed by atoms with Crippen LogP contribution >= 0.6 is 0 Å². The molecule has 0 fully saturated rings. The number of rotatable bonds is 7. The van der Waals surface area contributed by atoms with E-state index in [-0.39, 0.29) is 24.0 Å². The summed E-state index contributed by atoms with van der Waals surface area (Å²) in [6.45, 7) is 8.78. The maximum atomic E-state index is 12.5. The molecule has 0 heterocycles. The molecule has 0 saturated heterocycles. The molecule has 0 aliphatic carbocycles. The average molecular weight is 321 g/mol. The number of nitrogens with zero attached hydrogens (tertiary/aromatic N) is 1. The Labute approximate surface area is 138 Å². The van der Waals surface area contributed by atoms with Crippen LogP contribution in [-0.2, 0) is 4.74 Å². The lowest BCUT2D eigenvalue weighted by Crippen LogP contribution is -2.40. The van der Waals surface area contributed by atoms with Crippen molar-refractivity contribution in [1.82, 2.24) is 10.2 Å². The maximum absolute atomic E-state index is 12.5. The molecular weight excluding hydrogens is 294 g/mol. The smallest absolute Gasteiger partial charge is 0.319 e. The van der Waals surface area contributed by atoms with Crippen LogP contribution in [0, 0.1) is 0 Å². The minimum atomic E-state index is -0.261. The normalized spacial score (nSPS) is 11.9. The summed E-state index contributed by atoms with van der Waals surface area (Å²) in [5, 5.41) is 5.48. The Bertz CT molecular complexity index is 514. The van der Waals surface area contributed by atoms with Crippen molar-refractivity contribution in [2.24, 2.45) is 0 Å². The fourth-order valence-corrected chi connectivity index (χ4v) is 2.28. The largest absolute Gasteiger partial charge is 0.383 e. The molecule has 1 rings (SSSR count). The highest BCUT2D eigenvalue weighted by molar-refractivity contribution is 5.95. The molecule has 1 aromatic rings. The van der Waals surface area contributed by atoms with Gasteiger partial charge in [0.2, 0.25) is 0 Å². The quantitative estimate of drug-likeness (QED) is 0.811. The lowest BCUT2D eigenvalue weighted by Gasteiger charge is -2.27. The first-order chi connectivity index (χ1) is 10.9. The summed E-state index contributed by atoms with van der Waals surface area (Å²) in [7, 11) is 1.62. The molecule has 128 valence electrons. The van der Waals surface area contributed by atoms with Crippen molar-refractivity contribution in [2.45, 2.75) is 39.8 Å². The third-order valence-electron chi connectivity index (χ3n) is 3.35. The highest BCUT2D eigenvalue weighted by atomic mass is 16.5. The third kappa shape index (κ3) is 5.90. The van der Waals surface area contributed by atoms with Gasteiger partial charge in [-0.1, -0.05) is 0 Å². The number of likely N-dealkylation sites (N-methyl/N-ethyl adjacent to an activating group) is 1. The summed E-state index contributed by atoms with van der Waals surface area (Å²) in [5.41, 5.74) is 1.23. The highest BCUT2D eigenvalue weighted by Gasteiger charge is 2.19. The van der Waals surface area contributed by atoms with E-state index >= 15 is 0 Å². The van der Waals surface area contributed by atoms with Crippen LogP contribution in [0.3, 0.4) is 0 Å². The summed E-state index contributed by atoms with van der Waals surface area (Å²) in [6.07, 6.45) is 0. The first-order valence-electron chi connectivity index (χ1n) is 7.86. The summed E-state index contributed by atoms with van der Waals surface area (Å²) in [5.74, 6) is -0.0461. The number of amides is 3. The molecule has 1 aromatic carbocycles.